The van der Waals surface area contributed by atoms with Crippen LogP contribution in [0.2, 0.25) is 0 Å². The molecular formula is C35H21N3. The minimum absolute atomic E-state index is 0.658. The fourth-order valence-corrected chi connectivity index (χ4v) is 5.26. The number of aromatic nitrogens is 2. The molecule has 7 aromatic rings. The lowest BCUT2D eigenvalue weighted by Gasteiger charge is -2.15. The molecule has 3 nitrogen and oxygen atoms in total. The molecule has 1 aromatic heterocycles. The second-order valence-corrected chi connectivity index (χ2v) is 9.39. The van der Waals surface area contributed by atoms with Crippen molar-refractivity contribution in [2.45, 2.75) is 0 Å². The summed E-state index contributed by atoms with van der Waals surface area (Å²) in [5, 5.41) is 14.9. The molecule has 0 atom stereocenters. The zero-order chi connectivity index (χ0) is 25.5. The van der Waals surface area contributed by atoms with Crippen molar-refractivity contribution in [3.05, 3.63) is 133 Å². The number of hydrogen-bond donors (Lipinski definition) is 0. The molecule has 0 fully saturated rings. The second kappa shape index (κ2) is 8.96. The third kappa shape index (κ3) is 3.68. The van der Waals surface area contributed by atoms with Gasteiger partial charge in [-0.15, -0.1) is 0 Å². The molecule has 0 aliphatic carbocycles. The van der Waals surface area contributed by atoms with E-state index in [2.05, 4.69) is 78.9 Å². The van der Waals surface area contributed by atoms with Crippen LogP contribution in [0.1, 0.15) is 5.56 Å². The van der Waals surface area contributed by atoms with Gasteiger partial charge in [0.2, 0.25) is 0 Å². The summed E-state index contributed by atoms with van der Waals surface area (Å²) >= 11 is 0. The monoisotopic (exact) mass is 483 g/mol. The van der Waals surface area contributed by atoms with Crippen LogP contribution in [0, 0.1) is 11.3 Å². The van der Waals surface area contributed by atoms with Crippen LogP contribution in [0.4, 0.5) is 0 Å². The van der Waals surface area contributed by atoms with Crippen molar-refractivity contribution in [1.82, 2.24) is 9.97 Å². The SMILES string of the molecule is N#Cc1ccc(-c2cccc3ccc(-c4ccc5ccccc5c4-c4ncc5ccccc5n4)cc23)cc1. The second-order valence-electron chi connectivity index (χ2n) is 9.39. The summed E-state index contributed by atoms with van der Waals surface area (Å²) in [5.74, 6) is 0.718. The third-order valence-corrected chi connectivity index (χ3v) is 7.16. The number of rotatable bonds is 3. The van der Waals surface area contributed by atoms with Crippen molar-refractivity contribution in [1.29, 1.82) is 5.26 Å². The third-order valence-electron chi connectivity index (χ3n) is 7.16. The van der Waals surface area contributed by atoms with Gasteiger partial charge in [-0.05, 0) is 68.1 Å². The van der Waals surface area contributed by atoms with Crippen molar-refractivity contribution >= 4 is 32.4 Å². The fourth-order valence-electron chi connectivity index (χ4n) is 5.26. The molecule has 3 heteroatoms. The molecule has 0 radical (unpaired) electrons. The van der Waals surface area contributed by atoms with E-state index >= 15 is 0 Å². The van der Waals surface area contributed by atoms with E-state index in [1.54, 1.807) is 0 Å². The van der Waals surface area contributed by atoms with Gasteiger partial charge in [0.05, 0.1) is 17.1 Å². The molecule has 7 rings (SSSR count). The molecule has 0 aliphatic rings. The van der Waals surface area contributed by atoms with Gasteiger partial charge in [-0.3, -0.25) is 0 Å². The van der Waals surface area contributed by atoms with Crippen LogP contribution >= 0.6 is 0 Å². The van der Waals surface area contributed by atoms with Crippen LogP contribution in [0.3, 0.4) is 0 Å². The first-order chi connectivity index (χ1) is 18.8. The maximum Gasteiger partial charge on any atom is 0.161 e. The number of benzene rings is 6. The molecular weight excluding hydrogens is 462 g/mol. The van der Waals surface area contributed by atoms with Crippen LogP contribution < -0.4 is 0 Å². The summed E-state index contributed by atoms with van der Waals surface area (Å²) in [7, 11) is 0. The van der Waals surface area contributed by atoms with Crippen molar-refractivity contribution in [3.63, 3.8) is 0 Å². The lowest BCUT2D eigenvalue weighted by Crippen LogP contribution is -1.94. The van der Waals surface area contributed by atoms with Gasteiger partial charge in [0.15, 0.2) is 5.82 Å². The normalized spacial score (nSPS) is 11.1. The molecule has 1 heterocycles. The Morgan fingerprint density at radius 3 is 2.13 bits per heavy atom. The molecule has 0 N–H and O–H groups in total. The highest BCUT2D eigenvalue weighted by molar-refractivity contribution is 6.05. The van der Waals surface area contributed by atoms with Gasteiger partial charge in [0.1, 0.15) is 0 Å². The van der Waals surface area contributed by atoms with Gasteiger partial charge < -0.3 is 0 Å². The minimum Gasteiger partial charge on any atom is -0.236 e. The van der Waals surface area contributed by atoms with Crippen molar-refractivity contribution in [3.8, 4) is 39.7 Å². The first-order valence-corrected chi connectivity index (χ1v) is 12.6. The van der Waals surface area contributed by atoms with E-state index in [-0.39, 0.29) is 0 Å². The number of fused-ring (bicyclic) bond motifs is 3. The Kier molecular flexibility index (Phi) is 5.17. The number of nitriles is 1. The molecule has 0 bridgehead atoms. The summed E-state index contributed by atoms with van der Waals surface area (Å²) in [5.41, 5.74) is 7.04. The molecule has 176 valence electrons. The van der Waals surface area contributed by atoms with Crippen LogP contribution in [-0.2, 0) is 0 Å². The Morgan fingerprint density at radius 2 is 1.26 bits per heavy atom. The summed E-state index contributed by atoms with van der Waals surface area (Å²) < 4.78 is 0. The van der Waals surface area contributed by atoms with E-state index in [0.717, 1.165) is 60.7 Å². The molecule has 0 unspecified atom stereocenters. The fraction of sp³-hybridized carbons (Fsp3) is 0. The summed E-state index contributed by atoms with van der Waals surface area (Å²) in [6.45, 7) is 0. The highest BCUT2D eigenvalue weighted by Crippen LogP contribution is 2.39. The highest BCUT2D eigenvalue weighted by Gasteiger charge is 2.16. The van der Waals surface area contributed by atoms with Gasteiger partial charge in [-0.2, -0.15) is 5.26 Å². The Morgan fingerprint density at radius 1 is 0.553 bits per heavy atom. The summed E-state index contributed by atoms with van der Waals surface area (Å²) in [6.07, 6.45) is 1.91. The van der Waals surface area contributed by atoms with Crippen LogP contribution in [-0.4, -0.2) is 9.97 Å². The van der Waals surface area contributed by atoms with Crippen LogP contribution in [0.15, 0.2) is 128 Å². The van der Waals surface area contributed by atoms with Crippen LogP contribution in [0.25, 0.3) is 66.1 Å². The van der Waals surface area contributed by atoms with E-state index in [4.69, 9.17) is 9.97 Å². The highest BCUT2D eigenvalue weighted by atomic mass is 14.9. The number of hydrogen-bond acceptors (Lipinski definition) is 3. The van der Waals surface area contributed by atoms with Gasteiger partial charge >= 0.3 is 0 Å². The quantitative estimate of drug-likeness (QED) is 0.252. The number of nitrogens with zero attached hydrogens (tertiary/aromatic N) is 3. The summed E-state index contributed by atoms with van der Waals surface area (Å²) in [4.78, 5) is 9.81. The minimum atomic E-state index is 0.658. The predicted molar refractivity (Wildman–Crippen MR) is 156 cm³/mol. The average molecular weight is 484 g/mol. The van der Waals surface area contributed by atoms with Gasteiger partial charge in [-0.1, -0.05) is 97.1 Å². The van der Waals surface area contributed by atoms with Crippen molar-refractivity contribution in [2.24, 2.45) is 0 Å². The Bertz CT molecular complexity index is 2030. The average Bonchev–Trinajstić information content (AvgIpc) is 2.99. The Hall–Kier alpha value is -5.33. The lowest BCUT2D eigenvalue weighted by atomic mass is 9.90. The number of para-hydroxylation sites is 1. The maximum absolute atomic E-state index is 9.23. The molecule has 6 aromatic carbocycles. The molecule has 0 amide bonds. The first kappa shape index (κ1) is 21.9. The molecule has 0 saturated carbocycles. The van der Waals surface area contributed by atoms with E-state index in [9.17, 15) is 5.26 Å². The summed E-state index contributed by atoms with van der Waals surface area (Å²) in [6, 6.07) is 43.8. The van der Waals surface area contributed by atoms with Crippen molar-refractivity contribution in [2.75, 3.05) is 0 Å². The van der Waals surface area contributed by atoms with Gasteiger partial charge in [-0.25, -0.2) is 9.97 Å². The van der Waals surface area contributed by atoms with E-state index < -0.39 is 0 Å². The largest absolute Gasteiger partial charge is 0.236 e. The zero-order valence-corrected chi connectivity index (χ0v) is 20.5. The van der Waals surface area contributed by atoms with E-state index in [1.165, 1.54) is 5.39 Å². The molecule has 0 saturated heterocycles. The first-order valence-electron chi connectivity index (χ1n) is 12.6. The smallest absolute Gasteiger partial charge is 0.161 e. The maximum atomic E-state index is 9.23. The standard InChI is InChI=1S/C35H21N3/c36-21-23-12-14-26(15-13-23)29-10-5-8-25-16-17-27(20-32(25)29)31-19-18-24-6-1-3-9-30(24)34(31)35-37-22-28-7-2-4-11-33(28)38-35/h1-20,22H. The molecule has 38 heavy (non-hydrogen) atoms. The predicted octanol–water partition coefficient (Wildman–Crippen LogP) is 8.81. The zero-order valence-electron chi connectivity index (χ0n) is 20.5. The van der Waals surface area contributed by atoms with Gasteiger partial charge in [0.25, 0.3) is 0 Å². The molecule has 0 aliphatic heterocycles. The Balaban J connectivity index is 1.48. The van der Waals surface area contributed by atoms with Gasteiger partial charge in [0, 0.05) is 17.1 Å². The van der Waals surface area contributed by atoms with E-state index in [0.29, 0.717) is 5.56 Å². The lowest BCUT2D eigenvalue weighted by molar-refractivity contribution is 1.23. The topological polar surface area (TPSA) is 49.6 Å². The Labute approximate surface area is 220 Å². The molecule has 0 spiro atoms. The van der Waals surface area contributed by atoms with E-state index in [1.807, 2.05) is 54.7 Å². The van der Waals surface area contributed by atoms with Crippen LogP contribution in [0.5, 0.6) is 0 Å². The van der Waals surface area contributed by atoms with Crippen molar-refractivity contribution < 1.29 is 0 Å².